The lowest BCUT2D eigenvalue weighted by Gasteiger charge is -2.09. The third kappa shape index (κ3) is 5.79. The summed E-state index contributed by atoms with van der Waals surface area (Å²) in [5, 5.41) is 13.1. The van der Waals surface area contributed by atoms with Gasteiger partial charge in [0.1, 0.15) is 0 Å². The summed E-state index contributed by atoms with van der Waals surface area (Å²) in [6.07, 6.45) is -4.42. The summed E-state index contributed by atoms with van der Waals surface area (Å²) < 4.78 is 37.9. The largest absolute Gasteiger partial charge is 0.416 e. The van der Waals surface area contributed by atoms with Crippen molar-refractivity contribution in [2.24, 2.45) is 0 Å². The van der Waals surface area contributed by atoms with E-state index >= 15 is 0 Å². The SMILES string of the molecule is O=C(CSc1ccc([N+](=O)[O-])cc1)NCc1cccc(C(F)(F)F)c1. The first-order valence-electron chi connectivity index (χ1n) is 7.06. The number of thioether (sulfide) groups is 1. The van der Waals surface area contributed by atoms with E-state index in [0.29, 0.717) is 10.5 Å². The van der Waals surface area contributed by atoms with Gasteiger partial charge < -0.3 is 5.32 Å². The van der Waals surface area contributed by atoms with Crippen LogP contribution in [0.25, 0.3) is 0 Å². The molecule has 2 aromatic rings. The van der Waals surface area contributed by atoms with Crippen LogP contribution in [0.3, 0.4) is 0 Å². The molecule has 0 unspecified atom stereocenters. The van der Waals surface area contributed by atoms with Crippen LogP contribution in [0.15, 0.2) is 53.4 Å². The van der Waals surface area contributed by atoms with Gasteiger partial charge in [-0.2, -0.15) is 13.2 Å². The summed E-state index contributed by atoms with van der Waals surface area (Å²) in [5.74, 6) is -0.294. The zero-order chi connectivity index (χ0) is 18.4. The number of benzene rings is 2. The van der Waals surface area contributed by atoms with E-state index in [1.807, 2.05) is 0 Å². The number of nitrogens with one attached hydrogen (secondary N) is 1. The van der Waals surface area contributed by atoms with Crippen molar-refractivity contribution in [3.63, 3.8) is 0 Å². The van der Waals surface area contributed by atoms with Gasteiger partial charge >= 0.3 is 6.18 Å². The molecule has 2 rings (SSSR count). The summed E-state index contributed by atoms with van der Waals surface area (Å²) in [6, 6.07) is 10.5. The van der Waals surface area contributed by atoms with Gasteiger partial charge in [0, 0.05) is 23.6 Å². The minimum atomic E-state index is -4.42. The van der Waals surface area contributed by atoms with Gasteiger partial charge in [0.25, 0.3) is 5.69 Å². The fourth-order valence-corrected chi connectivity index (χ4v) is 2.65. The number of hydrogen-bond acceptors (Lipinski definition) is 4. The number of carbonyl (C=O) groups is 1. The van der Waals surface area contributed by atoms with Crippen molar-refractivity contribution in [2.45, 2.75) is 17.6 Å². The maximum Gasteiger partial charge on any atom is 0.416 e. The van der Waals surface area contributed by atoms with Gasteiger partial charge in [-0.3, -0.25) is 14.9 Å². The second-order valence-electron chi connectivity index (χ2n) is 5.01. The maximum absolute atomic E-state index is 12.6. The van der Waals surface area contributed by atoms with Gasteiger partial charge in [-0.15, -0.1) is 11.8 Å². The zero-order valence-corrected chi connectivity index (χ0v) is 13.6. The Balaban J connectivity index is 1.84. The molecular formula is C16H13F3N2O3S. The Morgan fingerprint density at radius 1 is 1.16 bits per heavy atom. The van der Waals surface area contributed by atoms with E-state index in [0.717, 1.165) is 12.1 Å². The van der Waals surface area contributed by atoms with Crippen molar-refractivity contribution in [3.05, 3.63) is 69.8 Å². The molecule has 0 saturated heterocycles. The van der Waals surface area contributed by atoms with Crippen molar-refractivity contribution >= 4 is 23.4 Å². The smallest absolute Gasteiger partial charge is 0.351 e. The van der Waals surface area contributed by atoms with E-state index in [4.69, 9.17) is 0 Å². The van der Waals surface area contributed by atoms with Crippen LogP contribution in [0.1, 0.15) is 11.1 Å². The second-order valence-corrected chi connectivity index (χ2v) is 6.06. The van der Waals surface area contributed by atoms with Crippen LogP contribution in [0.4, 0.5) is 18.9 Å². The Hall–Kier alpha value is -2.55. The molecule has 1 N–H and O–H groups in total. The number of rotatable bonds is 6. The number of carbonyl (C=O) groups excluding carboxylic acids is 1. The second kappa shape index (κ2) is 8.02. The molecular weight excluding hydrogens is 357 g/mol. The van der Waals surface area contributed by atoms with Gasteiger partial charge in [-0.1, -0.05) is 12.1 Å². The van der Waals surface area contributed by atoms with Gasteiger partial charge in [0.2, 0.25) is 5.91 Å². The Labute approximate surface area is 145 Å². The van der Waals surface area contributed by atoms with E-state index in [9.17, 15) is 28.1 Å². The Morgan fingerprint density at radius 3 is 2.44 bits per heavy atom. The quantitative estimate of drug-likeness (QED) is 0.474. The standard InChI is InChI=1S/C16H13F3N2O3S/c17-16(18,19)12-3-1-2-11(8-12)9-20-15(22)10-25-14-6-4-13(5-7-14)21(23)24/h1-8H,9-10H2,(H,20,22). The van der Waals surface area contributed by atoms with Crippen molar-refractivity contribution in [1.29, 1.82) is 0 Å². The Morgan fingerprint density at radius 2 is 1.84 bits per heavy atom. The topological polar surface area (TPSA) is 72.2 Å². The maximum atomic E-state index is 12.6. The van der Waals surface area contributed by atoms with Crippen LogP contribution in [0, 0.1) is 10.1 Å². The first-order chi connectivity index (χ1) is 11.8. The van der Waals surface area contributed by atoms with Crippen LogP contribution in [-0.2, 0) is 17.5 Å². The lowest BCUT2D eigenvalue weighted by atomic mass is 10.1. The average Bonchev–Trinajstić information content (AvgIpc) is 2.58. The number of nitro benzene ring substituents is 1. The summed E-state index contributed by atoms with van der Waals surface area (Å²) >= 11 is 1.18. The summed E-state index contributed by atoms with van der Waals surface area (Å²) in [5.41, 5.74) is -0.457. The number of hydrogen-bond donors (Lipinski definition) is 1. The number of non-ortho nitro benzene ring substituents is 1. The van der Waals surface area contributed by atoms with Crippen molar-refractivity contribution in [1.82, 2.24) is 5.32 Å². The minimum Gasteiger partial charge on any atom is -0.351 e. The van der Waals surface area contributed by atoms with Crippen molar-refractivity contribution in [2.75, 3.05) is 5.75 Å². The molecule has 132 valence electrons. The fourth-order valence-electron chi connectivity index (χ4n) is 1.92. The summed E-state index contributed by atoms with van der Waals surface area (Å²) in [4.78, 5) is 22.5. The Bertz CT molecular complexity index is 764. The summed E-state index contributed by atoms with van der Waals surface area (Å²) in [7, 11) is 0. The van der Waals surface area contributed by atoms with Gasteiger partial charge in [-0.05, 0) is 29.8 Å². The van der Waals surface area contributed by atoms with Crippen molar-refractivity contribution in [3.8, 4) is 0 Å². The third-order valence-electron chi connectivity index (χ3n) is 3.16. The summed E-state index contributed by atoms with van der Waals surface area (Å²) in [6.45, 7) is -0.0103. The van der Waals surface area contributed by atoms with Crippen LogP contribution in [0.5, 0.6) is 0 Å². The highest BCUT2D eigenvalue weighted by molar-refractivity contribution is 8.00. The van der Waals surface area contributed by atoms with Gasteiger partial charge in [0.15, 0.2) is 0 Å². The first-order valence-corrected chi connectivity index (χ1v) is 8.04. The molecule has 0 aliphatic rings. The van der Waals surface area contributed by atoms with Gasteiger partial charge in [-0.25, -0.2) is 0 Å². The average molecular weight is 370 g/mol. The molecule has 0 fully saturated rings. The Kier molecular flexibility index (Phi) is 6.02. The molecule has 0 radical (unpaired) electrons. The molecule has 0 spiro atoms. The predicted molar refractivity (Wildman–Crippen MR) is 87.1 cm³/mol. The van der Waals surface area contributed by atoms with Crippen LogP contribution in [-0.4, -0.2) is 16.6 Å². The highest BCUT2D eigenvalue weighted by Gasteiger charge is 2.30. The van der Waals surface area contributed by atoms with E-state index in [1.165, 1.54) is 48.2 Å². The number of alkyl halides is 3. The lowest BCUT2D eigenvalue weighted by molar-refractivity contribution is -0.384. The van der Waals surface area contributed by atoms with E-state index < -0.39 is 16.7 Å². The lowest BCUT2D eigenvalue weighted by Crippen LogP contribution is -2.24. The number of amides is 1. The predicted octanol–water partition coefficient (Wildman–Crippen LogP) is 4.02. The highest BCUT2D eigenvalue weighted by atomic mass is 32.2. The molecule has 5 nitrogen and oxygen atoms in total. The van der Waals surface area contributed by atoms with Crippen molar-refractivity contribution < 1.29 is 22.9 Å². The van der Waals surface area contributed by atoms with E-state index in [1.54, 1.807) is 0 Å². The molecule has 0 saturated carbocycles. The van der Waals surface area contributed by atoms with Crippen LogP contribution < -0.4 is 5.32 Å². The minimum absolute atomic E-state index is 0.0103. The number of nitrogens with zero attached hydrogens (tertiary/aromatic N) is 1. The molecule has 9 heteroatoms. The molecule has 25 heavy (non-hydrogen) atoms. The number of nitro groups is 1. The van der Waals surface area contributed by atoms with Gasteiger partial charge in [0.05, 0.1) is 16.2 Å². The molecule has 0 bridgehead atoms. The molecule has 0 aromatic heterocycles. The molecule has 0 atom stereocenters. The number of halogens is 3. The fraction of sp³-hybridized carbons (Fsp3) is 0.188. The highest BCUT2D eigenvalue weighted by Crippen LogP contribution is 2.29. The van der Waals surface area contributed by atoms with Crippen LogP contribution >= 0.6 is 11.8 Å². The first kappa shape index (κ1) is 18.8. The van der Waals surface area contributed by atoms with Crippen LogP contribution in [0.2, 0.25) is 0 Å². The monoisotopic (exact) mass is 370 g/mol. The third-order valence-corrected chi connectivity index (χ3v) is 4.17. The molecule has 2 aromatic carbocycles. The van der Waals surface area contributed by atoms with E-state index in [2.05, 4.69) is 5.32 Å². The molecule has 0 aliphatic carbocycles. The molecule has 1 amide bonds. The molecule has 0 aliphatic heterocycles. The van der Waals surface area contributed by atoms with E-state index in [-0.39, 0.29) is 23.9 Å². The molecule has 0 heterocycles. The zero-order valence-electron chi connectivity index (χ0n) is 12.7. The normalized spacial score (nSPS) is 11.2.